The van der Waals surface area contributed by atoms with Gasteiger partial charge in [0.1, 0.15) is 0 Å². The number of carbonyl (C=O) groups is 1. The van der Waals surface area contributed by atoms with Crippen LogP contribution in [0, 0.1) is 5.41 Å². The van der Waals surface area contributed by atoms with E-state index in [1.165, 1.54) is 17.7 Å². The number of amides is 2. The second-order valence-corrected chi connectivity index (χ2v) is 6.99. The van der Waals surface area contributed by atoms with Gasteiger partial charge >= 0.3 is 6.03 Å². The molecular weight excluding hydrogens is 282 g/mol. The van der Waals surface area contributed by atoms with Crippen LogP contribution in [-0.4, -0.2) is 43.4 Å². The molecule has 0 saturated carbocycles. The van der Waals surface area contributed by atoms with Crippen molar-refractivity contribution in [2.75, 3.05) is 37.8 Å². The summed E-state index contributed by atoms with van der Waals surface area (Å²) in [5, 5.41) is 6.47. The molecule has 1 aromatic carbocycles. The van der Waals surface area contributed by atoms with E-state index < -0.39 is 0 Å². The SMILES string of the molecule is CSc1ccc(NC(=O)N2CCC[C@@]3(CCNC3)C2)cc1. The van der Waals surface area contributed by atoms with Crippen LogP contribution < -0.4 is 10.6 Å². The number of carbonyl (C=O) groups excluding carboxylic acids is 1. The molecule has 2 aliphatic rings. The summed E-state index contributed by atoms with van der Waals surface area (Å²) < 4.78 is 0. The predicted octanol–water partition coefficient (Wildman–Crippen LogP) is 3.02. The Labute approximate surface area is 130 Å². The fraction of sp³-hybridized carbons (Fsp3) is 0.562. The third-order valence-corrected chi connectivity index (χ3v) is 5.37. The van der Waals surface area contributed by atoms with Crippen molar-refractivity contribution in [3.8, 4) is 0 Å². The monoisotopic (exact) mass is 305 g/mol. The number of hydrogen-bond donors (Lipinski definition) is 2. The fourth-order valence-corrected chi connectivity index (χ4v) is 3.81. The maximum atomic E-state index is 12.5. The Balaban J connectivity index is 1.61. The molecule has 2 saturated heterocycles. The minimum Gasteiger partial charge on any atom is -0.324 e. The van der Waals surface area contributed by atoms with Gasteiger partial charge in [-0.2, -0.15) is 0 Å². The third kappa shape index (κ3) is 3.35. The minimum atomic E-state index is 0.0397. The number of piperidine rings is 1. The van der Waals surface area contributed by atoms with Crippen LogP contribution >= 0.6 is 11.8 Å². The van der Waals surface area contributed by atoms with Crippen molar-refractivity contribution in [1.82, 2.24) is 10.2 Å². The average Bonchev–Trinajstić information content (AvgIpc) is 2.96. The Morgan fingerprint density at radius 2 is 2.14 bits per heavy atom. The summed E-state index contributed by atoms with van der Waals surface area (Å²) in [5.41, 5.74) is 1.19. The first-order chi connectivity index (χ1) is 10.2. The molecule has 2 amide bonds. The maximum Gasteiger partial charge on any atom is 0.321 e. The van der Waals surface area contributed by atoms with E-state index in [1.54, 1.807) is 11.8 Å². The van der Waals surface area contributed by atoms with Crippen molar-refractivity contribution in [1.29, 1.82) is 0 Å². The molecular formula is C16H23N3OS. The molecule has 0 radical (unpaired) electrons. The lowest BCUT2D eigenvalue weighted by Crippen LogP contribution is -2.48. The number of hydrogen-bond acceptors (Lipinski definition) is 3. The molecule has 2 N–H and O–H groups in total. The van der Waals surface area contributed by atoms with Crippen LogP contribution in [0.5, 0.6) is 0 Å². The summed E-state index contributed by atoms with van der Waals surface area (Å²) in [6.45, 7) is 3.90. The highest BCUT2D eigenvalue weighted by Crippen LogP contribution is 2.35. The fourth-order valence-electron chi connectivity index (χ4n) is 3.40. The van der Waals surface area contributed by atoms with Gasteiger partial charge in [-0.25, -0.2) is 4.79 Å². The number of likely N-dealkylation sites (tertiary alicyclic amines) is 1. The summed E-state index contributed by atoms with van der Waals surface area (Å²) in [7, 11) is 0. The summed E-state index contributed by atoms with van der Waals surface area (Å²) in [6, 6.07) is 8.07. The molecule has 0 aliphatic carbocycles. The number of benzene rings is 1. The molecule has 114 valence electrons. The molecule has 2 aliphatic heterocycles. The van der Waals surface area contributed by atoms with Gasteiger partial charge in [0.2, 0.25) is 0 Å². The molecule has 5 heteroatoms. The van der Waals surface area contributed by atoms with E-state index in [1.807, 2.05) is 29.2 Å². The molecule has 0 unspecified atom stereocenters. The molecule has 1 aromatic rings. The van der Waals surface area contributed by atoms with E-state index in [0.717, 1.165) is 38.3 Å². The average molecular weight is 305 g/mol. The molecule has 1 spiro atoms. The molecule has 0 aromatic heterocycles. The summed E-state index contributed by atoms with van der Waals surface area (Å²) in [6.07, 6.45) is 5.60. The smallest absolute Gasteiger partial charge is 0.321 e. The molecule has 2 fully saturated rings. The third-order valence-electron chi connectivity index (χ3n) is 4.62. The van der Waals surface area contributed by atoms with E-state index >= 15 is 0 Å². The van der Waals surface area contributed by atoms with E-state index in [4.69, 9.17) is 0 Å². The van der Waals surface area contributed by atoms with E-state index in [-0.39, 0.29) is 6.03 Å². The quantitative estimate of drug-likeness (QED) is 0.826. The van der Waals surface area contributed by atoms with Gasteiger partial charge in [0.05, 0.1) is 0 Å². The van der Waals surface area contributed by atoms with E-state index in [9.17, 15) is 4.79 Å². The second-order valence-electron chi connectivity index (χ2n) is 6.11. The van der Waals surface area contributed by atoms with Crippen LogP contribution in [0.4, 0.5) is 10.5 Å². The second kappa shape index (κ2) is 6.28. The van der Waals surface area contributed by atoms with Crippen molar-refractivity contribution in [3.63, 3.8) is 0 Å². The highest BCUT2D eigenvalue weighted by Gasteiger charge is 2.39. The lowest BCUT2D eigenvalue weighted by Gasteiger charge is -2.39. The standard InChI is InChI=1S/C16H23N3OS/c1-21-14-5-3-13(4-6-14)18-15(20)19-10-2-7-16(12-19)8-9-17-11-16/h3-6,17H,2,7-12H2,1H3,(H,18,20)/t16-/m0/s1. The van der Waals surface area contributed by atoms with Gasteiger partial charge in [-0.3, -0.25) is 0 Å². The van der Waals surface area contributed by atoms with Crippen molar-refractivity contribution in [3.05, 3.63) is 24.3 Å². The van der Waals surface area contributed by atoms with Gasteiger partial charge in [-0.05, 0) is 56.3 Å². The predicted molar refractivity (Wildman–Crippen MR) is 88.0 cm³/mol. The molecule has 2 heterocycles. The van der Waals surface area contributed by atoms with Crippen molar-refractivity contribution in [2.45, 2.75) is 24.2 Å². The number of nitrogens with one attached hydrogen (secondary N) is 2. The van der Waals surface area contributed by atoms with Crippen LogP contribution in [0.25, 0.3) is 0 Å². The van der Waals surface area contributed by atoms with Crippen molar-refractivity contribution in [2.24, 2.45) is 5.41 Å². The Kier molecular flexibility index (Phi) is 4.40. The Bertz CT molecular complexity index is 497. The Morgan fingerprint density at radius 3 is 2.81 bits per heavy atom. The molecule has 4 nitrogen and oxygen atoms in total. The number of anilines is 1. The number of urea groups is 1. The van der Waals surface area contributed by atoms with Crippen LogP contribution in [0.15, 0.2) is 29.2 Å². The first-order valence-electron chi connectivity index (χ1n) is 7.62. The topological polar surface area (TPSA) is 44.4 Å². The highest BCUT2D eigenvalue weighted by molar-refractivity contribution is 7.98. The zero-order chi connectivity index (χ0) is 14.7. The van der Waals surface area contributed by atoms with Gasteiger partial charge in [0.25, 0.3) is 0 Å². The zero-order valence-corrected chi connectivity index (χ0v) is 13.3. The van der Waals surface area contributed by atoms with Gasteiger partial charge in [0, 0.05) is 35.6 Å². The first kappa shape index (κ1) is 14.7. The molecule has 3 rings (SSSR count). The van der Waals surface area contributed by atoms with Crippen molar-refractivity contribution < 1.29 is 4.79 Å². The molecule has 1 atom stereocenters. The maximum absolute atomic E-state index is 12.5. The van der Waals surface area contributed by atoms with E-state index in [0.29, 0.717) is 5.41 Å². The molecule has 0 bridgehead atoms. The Hall–Kier alpha value is -1.20. The zero-order valence-electron chi connectivity index (χ0n) is 12.5. The van der Waals surface area contributed by atoms with Crippen LogP contribution in [0.1, 0.15) is 19.3 Å². The normalized spacial score (nSPS) is 25.3. The van der Waals surface area contributed by atoms with Gasteiger partial charge < -0.3 is 15.5 Å². The number of rotatable bonds is 2. The first-order valence-corrected chi connectivity index (χ1v) is 8.84. The summed E-state index contributed by atoms with van der Waals surface area (Å²) >= 11 is 1.71. The molecule has 21 heavy (non-hydrogen) atoms. The van der Waals surface area contributed by atoms with Gasteiger partial charge in [-0.1, -0.05) is 0 Å². The number of nitrogens with zero attached hydrogens (tertiary/aromatic N) is 1. The largest absolute Gasteiger partial charge is 0.324 e. The Morgan fingerprint density at radius 1 is 1.33 bits per heavy atom. The minimum absolute atomic E-state index is 0.0397. The van der Waals surface area contributed by atoms with E-state index in [2.05, 4.69) is 16.9 Å². The van der Waals surface area contributed by atoms with Crippen LogP contribution in [-0.2, 0) is 0 Å². The van der Waals surface area contributed by atoms with Crippen LogP contribution in [0.2, 0.25) is 0 Å². The number of thioether (sulfide) groups is 1. The lowest BCUT2D eigenvalue weighted by atomic mass is 9.79. The van der Waals surface area contributed by atoms with Crippen molar-refractivity contribution >= 4 is 23.5 Å². The van der Waals surface area contributed by atoms with Crippen LogP contribution in [0.3, 0.4) is 0 Å². The van der Waals surface area contributed by atoms with Gasteiger partial charge in [-0.15, -0.1) is 11.8 Å². The summed E-state index contributed by atoms with van der Waals surface area (Å²) in [4.78, 5) is 15.6. The summed E-state index contributed by atoms with van der Waals surface area (Å²) in [5.74, 6) is 0. The van der Waals surface area contributed by atoms with Gasteiger partial charge in [0.15, 0.2) is 0 Å². The highest BCUT2D eigenvalue weighted by atomic mass is 32.2. The lowest BCUT2D eigenvalue weighted by molar-refractivity contribution is 0.125.